The second kappa shape index (κ2) is 22.2. The van der Waals surface area contributed by atoms with E-state index in [4.69, 9.17) is 9.47 Å². The molecule has 4 rings (SSSR count). The van der Waals surface area contributed by atoms with Crippen molar-refractivity contribution in [2.24, 2.45) is 11.8 Å². The fraction of sp³-hybridized carbons (Fsp3) is 0.512. The summed E-state index contributed by atoms with van der Waals surface area (Å²) in [5, 5.41) is 16.9. The minimum absolute atomic E-state index is 0.00247. The number of nitrogens with one attached hydrogen (secondary N) is 2. The van der Waals surface area contributed by atoms with Crippen molar-refractivity contribution in [1.29, 1.82) is 0 Å². The Morgan fingerprint density at radius 2 is 1.68 bits per heavy atom. The Morgan fingerprint density at radius 1 is 0.983 bits per heavy atom. The number of likely N-dealkylation sites (tertiary alicyclic amines) is 1. The van der Waals surface area contributed by atoms with Gasteiger partial charge in [0.2, 0.25) is 11.8 Å². The van der Waals surface area contributed by atoms with Crippen molar-refractivity contribution in [3.8, 4) is 0 Å². The van der Waals surface area contributed by atoms with Gasteiger partial charge in [-0.25, -0.2) is 14.2 Å². The zero-order valence-corrected chi connectivity index (χ0v) is 35.3. The van der Waals surface area contributed by atoms with Gasteiger partial charge in [-0.2, -0.15) is 0 Å². The molecule has 5 atom stereocenters. The van der Waals surface area contributed by atoms with E-state index in [9.17, 15) is 38.3 Å². The Morgan fingerprint density at radius 3 is 2.29 bits per heavy atom. The number of nitrogens with zero attached hydrogens (tertiary/aromatic N) is 3. The molecular weight excluding hydrogens is 782 g/mol. The zero-order valence-electron chi connectivity index (χ0n) is 34.5. The van der Waals surface area contributed by atoms with E-state index >= 15 is 0 Å². The molecule has 0 aliphatic carbocycles. The number of carbonyl (C=O) groups is 6. The quantitative estimate of drug-likeness (QED) is 0.0927. The first kappa shape index (κ1) is 46.5. The molecule has 14 nitrogen and oxygen atoms in total. The highest BCUT2D eigenvalue weighted by Crippen LogP contribution is 2.32. The lowest BCUT2D eigenvalue weighted by Gasteiger charge is -2.39. The number of hydrogen-bond donors (Lipinski definition) is 3. The second-order valence-corrected chi connectivity index (χ2v) is 16.5. The van der Waals surface area contributed by atoms with Gasteiger partial charge in [-0.3, -0.25) is 28.9 Å². The first-order valence-corrected chi connectivity index (χ1v) is 20.8. The van der Waals surface area contributed by atoms with Gasteiger partial charge in [0.15, 0.2) is 12.8 Å². The molecule has 0 saturated carbocycles. The fourth-order valence-corrected chi connectivity index (χ4v) is 7.90. The summed E-state index contributed by atoms with van der Waals surface area (Å²) in [4.78, 5) is 87.0. The lowest BCUT2D eigenvalue weighted by molar-refractivity contribution is -0.151. The number of carbonyl (C=O) groups excluding carboxylic acids is 5. The van der Waals surface area contributed by atoms with Gasteiger partial charge in [0.05, 0.1) is 11.6 Å². The summed E-state index contributed by atoms with van der Waals surface area (Å²) in [6.45, 7) is 8.90. The van der Waals surface area contributed by atoms with Crippen LogP contribution < -0.4 is 10.6 Å². The summed E-state index contributed by atoms with van der Waals surface area (Å²) >= 11 is 1.07. The van der Waals surface area contributed by atoms with Crippen molar-refractivity contribution in [3.63, 3.8) is 0 Å². The number of halogens is 1. The van der Waals surface area contributed by atoms with E-state index in [-0.39, 0.29) is 59.7 Å². The largest absolute Gasteiger partial charge is 0.481 e. The van der Waals surface area contributed by atoms with Crippen LogP contribution in [-0.4, -0.2) is 100 Å². The third kappa shape index (κ3) is 13.9. The highest BCUT2D eigenvalue weighted by Gasteiger charge is 2.39. The van der Waals surface area contributed by atoms with E-state index in [0.717, 1.165) is 30.7 Å². The van der Waals surface area contributed by atoms with E-state index in [1.54, 1.807) is 42.5 Å². The van der Waals surface area contributed by atoms with Crippen LogP contribution in [0.3, 0.4) is 0 Å². The van der Waals surface area contributed by atoms with Crippen LogP contribution in [0.1, 0.15) is 111 Å². The summed E-state index contributed by atoms with van der Waals surface area (Å²) < 4.78 is 25.1. The van der Waals surface area contributed by atoms with Crippen LogP contribution in [0.5, 0.6) is 0 Å². The monoisotopic (exact) mass is 837 g/mol. The molecule has 3 aromatic rings. The highest BCUT2D eigenvalue weighted by molar-refractivity contribution is 7.09. The number of amides is 3. The first-order valence-electron chi connectivity index (χ1n) is 20.0. The number of aliphatic carboxylic acids is 1. The molecule has 1 aromatic heterocycles. The molecule has 1 fully saturated rings. The SMILES string of the molecule is CC(=O)OC(C[C@H](C(C)C)N(COC(=O)c1ccccc1)C(=O)C(NC(=O)[C@H]1CCCCN1C)C(C)C)c1nc(C(=O)N[C@H](CCC(=O)O)Cc2ccc(F)cc2)cs1. The summed E-state index contributed by atoms with van der Waals surface area (Å²) in [6.07, 6.45) is 1.61. The van der Waals surface area contributed by atoms with Crippen molar-refractivity contribution in [2.75, 3.05) is 20.3 Å². The number of carboxylic acids is 1. The number of thiazole rings is 1. The standard InChI is InChI=1S/C43H56FN5O9S/c1-26(2)35(49(25-57-43(56)30-12-8-7-9-13-30)42(55)38(27(3)4)47-40(54)34-14-10-11-21-48(34)6)23-36(58-28(5)50)41-46-33(24-59-41)39(53)45-32(19-20-37(51)52)22-29-15-17-31(44)18-16-29/h7-9,12-13,15-18,24,26-27,32,34-36,38H,10-11,14,19-23,25H2,1-6H3,(H,45,53)(H,47,54)(H,51,52)/t32-,34-,35-,36?,38?/m1/s1. The summed E-state index contributed by atoms with van der Waals surface area (Å²) in [5.41, 5.74) is 0.983. The number of rotatable bonds is 20. The lowest BCUT2D eigenvalue weighted by atomic mass is 9.93. The number of benzene rings is 2. The summed E-state index contributed by atoms with van der Waals surface area (Å²) in [5.74, 6) is -4.75. The van der Waals surface area contributed by atoms with Crippen LogP contribution in [0.15, 0.2) is 60.0 Å². The highest BCUT2D eigenvalue weighted by atomic mass is 32.1. The van der Waals surface area contributed by atoms with E-state index in [2.05, 4.69) is 15.6 Å². The number of aromatic nitrogens is 1. The lowest BCUT2D eigenvalue weighted by Crippen LogP contribution is -2.59. The molecule has 16 heteroatoms. The van der Waals surface area contributed by atoms with Crippen LogP contribution >= 0.6 is 11.3 Å². The van der Waals surface area contributed by atoms with Crippen molar-refractivity contribution < 1.29 is 47.7 Å². The van der Waals surface area contributed by atoms with E-state index in [1.807, 2.05) is 39.6 Å². The van der Waals surface area contributed by atoms with Crippen LogP contribution in [0.4, 0.5) is 4.39 Å². The molecule has 3 N–H and O–H groups in total. The van der Waals surface area contributed by atoms with Crippen LogP contribution in [0, 0.1) is 17.7 Å². The second-order valence-electron chi connectivity index (χ2n) is 15.6. The average Bonchev–Trinajstić information content (AvgIpc) is 3.69. The van der Waals surface area contributed by atoms with E-state index in [1.165, 1.54) is 29.3 Å². The predicted molar refractivity (Wildman–Crippen MR) is 219 cm³/mol. The Balaban J connectivity index is 1.62. The van der Waals surface area contributed by atoms with Gasteiger partial charge in [0.1, 0.15) is 22.6 Å². The number of likely N-dealkylation sites (N-methyl/N-ethyl adjacent to an activating group) is 1. The molecule has 1 aliphatic rings. The maximum atomic E-state index is 14.7. The van der Waals surface area contributed by atoms with Gasteiger partial charge in [-0.1, -0.05) is 64.4 Å². The van der Waals surface area contributed by atoms with Crippen molar-refractivity contribution in [1.82, 2.24) is 25.4 Å². The minimum Gasteiger partial charge on any atom is -0.481 e. The Labute approximate surface area is 348 Å². The summed E-state index contributed by atoms with van der Waals surface area (Å²) in [7, 11) is 1.88. The summed E-state index contributed by atoms with van der Waals surface area (Å²) in [6, 6.07) is 11.3. The van der Waals surface area contributed by atoms with Crippen molar-refractivity contribution in [2.45, 2.75) is 110 Å². The van der Waals surface area contributed by atoms with Crippen LogP contribution in [0.2, 0.25) is 0 Å². The molecule has 1 aliphatic heterocycles. The normalized spacial score (nSPS) is 16.4. The molecule has 320 valence electrons. The molecule has 2 unspecified atom stereocenters. The van der Waals surface area contributed by atoms with Gasteiger partial charge >= 0.3 is 17.9 Å². The van der Waals surface area contributed by atoms with Gasteiger partial charge in [0, 0.05) is 37.2 Å². The van der Waals surface area contributed by atoms with E-state index in [0.29, 0.717) is 12.0 Å². The Bertz CT molecular complexity index is 1890. The minimum atomic E-state index is -1.04. The third-order valence-electron chi connectivity index (χ3n) is 10.3. The van der Waals surface area contributed by atoms with Gasteiger partial charge < -0.3 is 30.1 Å². The Kier molecular flexibility index (Phi) is 17.5. The number of ether oxygens (including phenoxy) is 2. The molecule has 2 aromatic carbocycles. The maximum Gasteiger partial charge on any atom is 0.339 e. The Hall–Kier alpha value is -5.22. The smallest absolute Gasteiger partial charge is 0.339 e. The molecule has 0 radical (unpaired) electrons. The number of piperidine rings is 1. The molecule has 2 heterocycles. The van der Waals surface area contributed by atoms with Gasteiger partial charge in [-0.05, 0) is 80.9 Å². The predicted octanol–water partition coefficient (Wildman–Crippen LogP) is 5.78. The van der Waals surface area contributed by atoms with Crippen molar-refractivity contribution >= 4 is 47.0 Å². The third-order valence-corrected chi connectivity index (χ3v) is 11.3. The molecular formula is C43H56FN5O9S. The molecule has 0 bridgehead atoms. The molecule has 59 heavy (non-hydrogen) atoms. The topological polar surface area (TPSA) is 185 Å². The molecule has 3 amide bonds. The number of esters is 2. The fourth-order valence-electron chi connectivity index (χ4n) is 7.06. The molecule has 0 spiro atoms. The average molecular weight is 838 g/mol. The van der Waals surface area contributed by atoms with Crippen molar-refractivity contribution in [3.05, 3.63) is 87.6 Å². The molecule has 1 saturated heterocycles. The van der Waals surface area contributed by atoms with Gasteiger partial charge in [0.25, 0.3) is 5.91 Å². The maximum absolute atomic E-state index is 14.7. The van der Waals surface area contributed by atoms with Crippen LogP contribution in [0.25, 0.3) is 0 Å². The number of hydrogen-bond acceptors (Lipinski definition) is 11. The van der Waals surface area contributed by atoms with Crippen LogP contribution in [-0.2, 0) is 35.1 Å². The van der Waals surface area contributed by atoms with Gasteiger partial charge in [-0.15, -0.1) is 11.3 Å². The number of carboxylic acid groups (broad SMARTS) is 1. The van der Waals surface area contributed by atoms with E-state index < -0.39 is 72.5 Å². The first-order chi connectivity index (χ1) is 28.0. The zero-order chi connectivity index (χ0) is 43.2.